The third kappa shape index (κ3) is 2.80. The summed E-state index contributed by atoms with van der Waals surface area (Å²) in [7, 11) is -3.72. The highest BCUT2D eigenvalue weighted by Crippen LogP contribution is 2.21. The first-order chi connectivity index (χ1) is 10.0. The van der Waals surface area contributed by atoms with Crippen molar-refractivity contribution < 1.29 is 8.42 Å². The average Bonchev–Trinajstić information content (AvgIpc) is 2.47. The van der Waals surface area contributed by atoms with Crippen LogP contribution in [-0.2, 0) is 10.0 Å². The Labute approximate surface area is 121 Å². The zero-order chi connectivity index (χ0) is 14.9. The number of pyridine rings is 1. The summed E-state index contributed by atoms with van der Waals surface area (Å²) in [5.74, 6) is 0. The van der Waals surface area contributed by atoms with E-state index in [-0.39, 0.29) is 10.5 Å². The molecule has 2 aromatic carbocycles. The predicted molar refractivity (Wildman–Crippen MR) is 81.8 cm³/mol. The number of fused-ring (bicyclic) bond motifs is 1. The second kappa shape index (κ2) is 5.06. The van der Waals surface area contributed by atoms with E-state index >= 15 is 0 Å². The molecule has 0 aliphatic carbocycles. The second-order valence-corrected chi connectivity index (χ2v) is 6.24. The number of anilines is 1. The van der Waals surface area contributed by atoms with Gasteiger partial charge in [0.05, 0.1) is 0 Å². The van der Waals surface area contributed by atoms with E-state index in [4.69, 9.17) is 0 Å². The van der Waals surface area contributed by atoms with Crippen molar-refractivity contribution in [2.75, 3.05) is 4.72 Å². The van der Waals surface area contributed by atoms with Gasteiger partial charge in [0.15, 0.2) is 0 Å². The van der Waals surface area contributed by atoms with E-state index < -0.39 is 10.0 Å². The maximum Gasteiger partial charge on any atom is 0.263 e. The number of rotatable bonds is 3. The maximum atomic E-state index is 12.2. The minimum absolute atomic E-state index is 0.00950. The molecule has 0 spiro atoms. The molecule has 0 saturated heterocycles. The molecule has 6 heteroatoms. The van der Waals surface area contributed by atoms with Crippen LogP contribution in [0.2, 0.25) is 0 Å². The van der Waals surface area contributed by atoms with Crippen molar-refractivity contribution in [1.82, 2.24) is 4.98 Å². The summed E-state index contributed by atoms with van der Waals surface area (Å²) in [5.41, 5.74) is 0.125. The Balaban J connectivity index is 1.97. The van der Waals surface area contributed by atoms with E-state index in [1.807, 2.05) is 30.3 Å². The maximum absolute atomic E-state index is 12.2. The molecule has 0 unspecified atom stereocenters. The van der Waals surface area contributed by atoms with Crippen LogP contribution in [0.4, 0.5) is 5.69 Å². The molecule has 0 atom stereocenters. The first-order valence-electron chi connectivity index (χ1n) is 6.25. The summed E-state index contributed by atoms with van der Waals surface area (Å²) in [4.78, 5) is 13.3. The van der Waals surface area contributed by atoms with Gasteiger partial charge in [-0.2, -0.15) is 0 Å². The first-order valence-corrected chi connectivity index (χ1v) is 7.73. The fraction of sp³-hybridized carbons (Fsp3) is 0. The lowest BCUT2D eigenvalue weighted by Crippen LogP contribution is -2.15. The number of nitrogens with one attached hydrogen (secondary N) is 2. The molecule has 0 saturated carbocycles. The van der Waals surface area contributed by atoms with Gasteiger partial charge in [0, 0.05) is 18.0 Å². The van der Waals surface area contributed by atoms with Gasteiger partial charge in [-0.3, -0.25) is 9.52 Å². The van der Waals surface area contributed by atoms with Crippen molar-refractivity contribution in [3.63, 3.8) is 0 Å². The van der Waals surface area contributed by atoms with Crippen molar-refractivity contribution in [3.8, 4) is 0 Å². The summed E-state index contributed by atoms with van der Waals surface area (Å²) < 4.78 is 26.9. The minimum atomic E-state index is -3.72. The summed E-state index contributed by atoms with van der Waals surface area (Å²) >= 11 is 0. The van der Waals surface area contributed by atoms with E-state index in [2.05, 4.69) is 9.71 Å². The van der Waals surface area contributed by atoms with Gasteiger partial charge in [-0.25, -0.2) is 8.42 Å². The molecule has 5 nitrogen and oxygen atoms in total. The SMILES string of the molecule is O=c1ccc(S(=O)(=O)Nc2ccc3ccccc3c2)c[nH]1. The van der Waals surface area contributed by atoms with Gasteiger partial charge < -0.3 is 4.98 Å². The highest BCUT2D eigenvalue weighted by Gasteiger charge is 2.14. The van der Waals surface area contributed by atoms with Gasteiger partial charge in [-0.15, -0.1) is 0 Å². The number of aromatic nitrogens is 1. The topological polar surface area (TPSA) is 79.0 Å². The van der Waals surface area contributed by atoms with E-state index in [0.717, 1.165) is 10.8 Å². The van der Waals surface area contributed by atoms with Gasteiger partial charge in [0.2, 0.25) is 5.56 Å². The molecule has 1 aromatic heterocycles. The van der Waals surface area contributed by atoms with Crippen LogP contribution in [-0.4, -0.2) is 13.4 Å². The summed E-state index contributed by atoms with van der Waals surface area (Å²) in [5, 5.41) is 1.98. The van der Waals surface area contributed by atoms with Gasteiger partial charge in [-0.05, 0) is 29.0 Å². The van der Waals surface area contributed by atoms with Crippen LogP contribution >= 0.6 is 0 Å². The van der Waals surface area contributed by atoms with Gasteiger partial charge >= 0.3 is 0 Å². The van der Waals surface area contributed by atoms with Crippen LogP contribution in [0.1, 0.15) is 0 Å². The molecule has 1 heterocycles. The lowest BCUT2D eigenvalue weighted by Gasteiger charge is -2.08. The zero-order valence-corrected chi connectivity index (χ0v) is 11.7. The quantitative estimate of drug-likeness (QED) is 0.779. The van der Waals surface area contributed by atoms with Crippen LogP contribution in [0.25, 0.3) is 10.8 Å². The fourth-order valence-corrected chi connectivity index (χ4v) is 3.05. The number of hydrogen-bond acceptors (Lipinski definition) is 3. The van der Waals surface area contributed by atoms with Crippen molar-refractivity contribution in [3.05, 3.63) is 71.1 Å². The number of H-pyrrole nitrogens is 1. The van der Waals surface area contributed by atoms with Crippen LogP contribution in [0.3, 0.4) is 0 Å². The van der Waals surface area contributed by atoms with E-state index in [1.165, 1.54) is 18.3 Å². The van der Waals surface area contributed by atoms with Crippen LogP contribution < -0.4 is 10.3 Å². The number of hydrogen-bond donors (Lipinski definition) is 2. The van der Waals surface area contributed by atoms with Crippen molar-refractivity contribution in [2.45, 2.75) is 4.90 Å². The van der Waals surface area contributed by atoms with Crippen LogP contribution in [0.5, 0.6) is 0 Å². The lowest BCUT2D eigenvalue weighted by molar-refractivity contribution is 0.600. The van der Waals surface area contributed by atoms with E-state index in [9.17, 15) is 13.2 Å². The largest absolute Gasteiger partial charge is 0.328 e. The average molecular weight is 300 g/mol. The Morgan fingerprint density at radius 3 is 2.38 bits per heavy atom. The summed E-state index contributed by atoms with van der Waals surface area (Å²) in [6.45, 7) is 0. The standard InChI is InChI=1S/C15H12N2O3S/c18-15-8-7-14(10-16-15)21(19,20)17-13-6-5-11-3-1-2-4-12(11)9-13/h1-10,17H,(H,16,18). The Morgan fingerprint density at radius 1 is 0.905 bits per heavy atom. The Kier molecular flexibility index (Phi) is 3.23. The smallest absolute Gasteiger partial charge is 0.263 e. The number of aromatic amines is 1. The minimum Gasteiger partial charge on any atom is -0.328 e. The molecule has 3 rings (SSSR count). The Hall–Kier alpha value is -2.60. The monoisotopic (exact) mass is 300 g/mol. The van der Waals surface area contributed by atoms with Gasteiger partial charge in [-0.1, -0.05) is 30.3 Å². The molecule has 2 N–H and O–H groups in total. The predicted octanol–water partition coefficient (Wildman–Crippen LogP) is 2.33. The molecule has 3 aromatic rings. The van der Waals surface area contributed by atoms with Gasteiger partial charge in [0.25, 0.3) is 10.0 Å². The molecular formula is C15H12N2O3S. The molecule has 0 fully saturated rings. The molecular weight excluding hydrogens is 288 g/mol. The lowest BCUT2D eigenvalue weighted by atomic mass is 10.1. The normalized spacial score (nSPS) is 11.4. The van der Waals surface area contributed by atoms with Crippen LogP contribution in [0.15, 0.2) is 70.5 Å². The fourth-order valence-electron chi connectivity index (χ4n) is 2.03. The molecule has 0 amide bonds. The Morgan fingerprint density at radius 2 is 1.67 bits per heavy atom. The van der Waals surface area contributed by atoms with Crippen molar-refractivity contribution in [2.24, 2.45) is 0 Å². The molecule has 106 valence electrons. The third-order valence-electron chi connectivity index (χ3n) is 3.07. The Bertz CT molecular complexity index is 941. The third-order valence-corrected chi connectivity index (χ3v) is 4.45. The summed E-state index contributed by atoms with van der Waals surface area (Å²) in [6.07, 6.45) is 1.17. The molecule has 0 aliphatic rings. The first kappa shape index (κ1) is 13.4. The molecule has 0 radical (unpaired) electrons. The second-order valence-electron chi connectivity index (χ2n) is 4.56. The highest BCUT2D eigenvalue weighted by atomic mass is 32.2. The summed E-state index contributed by atoms with van der Waals surface area (Å²) in [6, 6.07) is 15.4. The highest BCUT2D eigenvalue weighted by molar-refractivity contribution is 7.92. The number of benzene rings is 2. The number of sulfonamides is 1. The van der Waals surface area contributed by atoms with E-state index in [0.29, 0.717) is 5.69 Å². The van der Waals surface area contributed by atoms with Gasteiger partial charge in [0.1, 0.15) is 4.90 Å². The zero-order valence-electron chi connectivity index (χ0n) is 10.9. The van der Waals surface area contributed by atoms with Crippen molar-refractivity contribution >= 4 is 26.5 Å². The molecule has 0 aliphatic heterocycles. The molecule has 0 bridgehead atoms. The van der Waals surface area contributed by atoms with E-state index in [1.54, 1.807) is 12.1 Å². The van der Waals surface area contributed by atoms with Crippen molar-refractivity contribution in [1.29, 1.82) is 0 Å². The molecule has 21 heavy (non-hydrogen) atoms. The van der Waals surface area contributed by atoms with Crippen LogP contribution in [0, 0.1) is 0 Å².